The number of hydrogen-bond donors (Lipinski definition) is 3. The largest absolute Gasteiger partial charge is 0.416 e. The lowest BCUT2D eigenvalue weighted by molar-refractivity contribution is -0.139. The average Bonchev–Trinajstić information content (AvgIpc) is 3.16. The quantitative estimate of drug-likeness (QED) is 0.638. The van der Waals surface area contributed by atoms with E-state index in [1.165, 1.54) is 24.4 Å². The van der Waals surface area contributed by atoms with Gasteiger partial charge in [0, 0.05) is 12.1 Å². The Morgan fingerprint density at radius 2 is 1.78 bits per heavy atom. The summed E-state index contributed by atoms with van der Waals surface area (Å²) in [6.07, 6.45) is -4.76. The first-order chi connectivity index (χ1) is 12.9. The molecule has 2 aromatic carbocycles. The number of carbonyl (C=O) groups is 1. The van der Waals surface area contributed by atoms with Gasteiger partial charge in [-0.15, -0.1) is 0 Å². The number of H-pyrrole nitrogens is 1. The summed E-state index contributed by atoms with van der Waals surface area (Å²) in [4.78, 5) is 12.4. The van der Waals surface area contributed by atoms with Crippen molar-refractivity contribution in [2.24, 2.45) is 0 Å². The minimum Gasteiger partial charge on any atom is -0.387 e. The van der Waals surface area contributed by atoms with E-state index in [0.717, 1.165) is 11.6 Å². The molecule has 0 radical (unpaired) electrons. The topological polar surface area (TPSA) is 78.0 Å². The van der Waals surface area contributed by atoms with Crippen LogP contribution in [0.5, 0.6) is 0 Å². The van der Waals surface area contributed by atoms with Crippen LogP contribution in [0.3, 0.4) is 0 Å². The van der Waals surface area contributed by atoms with Crippen LogP contribution in [-0.2, 0) is 6.18 Å². The molecule has 1 heterocycles. The molecule has 3 rings (SSSR count). The Labute approximate surface area is 152 Å². The van der Waals surface area contributed by atoms with Crippen LogP contribution in [0, 0.1) is 0 Å². The summed E-state index contributed by atoms with van der Waals surface area (Å²) in [5.74, 6) is -0.550. The van der Waals surface area contributed by atoms with Crippen molar-refractivity contribution in [3.63, 3.8) is 0 Å². The fraction of sp³-hybridized carbons (Fsp3) is 0.158. The molecule has 1 atom stereocenters. The Morgan fingerprint density at radius 3 is 2.48 bits per heavy atom. The Kier molecular flexibility index (Phi) is 5.27. The van der Waals surface area contributed by atoms with Crippen molar-refractivity contribution >= 4 is 5.91 Å². The van der Waals surface area contributed by atoms with Gasteiger partial charge in [0.15, 0.2) is 0 Å². The summed E-state index contributed by atoms with van der Waals surface area (Å²) in [6.45, 7) is -0.370. The number of aliphatic hydroxyl groups is 1. The summed E-state index contributed by atoms with van der Waals surface area (Å²) < 4.78 is 39.2. The third-order valence-electron chi connectivity index (χ3n) is 4.03. The molecule has 1 amide bonds. The minimum atomic E-state index is -4.59. The maximum absolute atomic E-state index is 13.1. The number of benzene rings is 2. The highest BCUT2D eigenvalue weighted by molar-refractivity contribution is 5.99. The molecule has 0 saturated carbocycles. The fourth-order valence-corrected chi connectivity index (χ4v) is 2.72. The molecule has 8 heteroatoms. The Morgan fingerprint density at radius 1 is 1.11 bits per heavy atom. The van der Waals surface area contributed by atoms with Gasteiger partial charge in [0.1, 0.15) is 0 Å². The third-order valence-corrected chi connectivity index (χ3v) is 4.03. The van der Waals surface area contributed by atoms with Crippen LogP contribution in [0.4, 0.5) is 13.2 Å². The van der Waals surface area contributed by atoms with Gasteiger partial charge in [0.25, 0.3) is 5.91 Å². The molecule has 1 aromatic heterocycles. The standard InChI is InChI=1S/C19H16F3N3O2/c20-19(21,22)15-9-5-4-8-13(15)16(26)11-23-18(27)14-10-24-25-17(14)12-6-2-1-3-7-12/h1-10,16,26H,11H2,(H,23,27)(H,24,25)/t16-/m0/s1. The molecule has 0 fully saturated rings. The Balaban J connectivity index is 1.74. The lowest BCUT2D eigenvalue weighted by atomic mass is 10.0. The zero-order chi connectivity index (χ0) is 19.4. The van der Waals surface area contributed by atoms with E-state index in [-0.39, 0.29) is 17.7 Å². The lowest BCUT2D eigenvalue weighted by Crippen LogP contribution is -2.29. The van der Waals surface area contributed by atoms with Crippen LogP contribution in [0.15, 0.2) is 60.8 Å². The number of alkyl halides is 3. The predicted octanol–water partition coefficient (Wildman–Crippen LogP) is 3.56. The maximum Gasteiger partial charge on any atom is 0.416 e. The molecule has 0 aliphatic rings. The summed E-state index contributed by atoms with van der Waals surface area (Å²) in [5.41, 5.74) is 0.236. The smallest absolute Gasteiger partial charge is 0.387 e. The van der Waals surface area contributed by atoms with Crippen molar-refractivity contribution in [3.05, 3.63) is 77.5 Å². The number of carbonyl (C=O) groups excluding carboxylic acids is 1. The zero-order valence-electron chi connectivity index (χ0n) is 14.0. The number of aromatic nitrogens is 2. The van der Waals surface area contributed by atoms with Crippen molar-refractivity contribution in [2.75, 3.05) is 6.54 Å². The van der Waals surface area contributed by atoms with E-state index < -0.39 is 23.8 Å². The number of rotatable bonds is 5. The van der Waals surface area contributed by atoms with Crippen LogP contribution in [0.25, 0.3) is 11.3 Å². The van der Waals surface area contributed by atoms with Crippen LogP contribution in [-0.4, -0.2) is 27.8 Å². The van der Waals surface area contributed by atoms with Crippen molar-refractivity contribution in [2.45, 2.75) is 12.3 Å². The lowest BCUT2D eigenvalue weighted by Gasteiger charge is -2.18. The minimum absolute atomic E-state index is 0.234. The van der Waals surface area contributed by atoms with Crippen molar-refractivity contribution in [1.82, 2.24) is 15.5 Å². The number of nitrogens with one attached hydrogen (secondary N) is 2. The molecule has 0 bridgehead atoms. The monoisotopic (exact) mass is 375 g/mol. The van der Waals surface area contributed by atoms with Gasteiger partial charge >= 0.3 is 6.18 Å². The molecule has 3 aromatic rings. The first-order valence-corrected chi connectivity index (χ1v) is 8.09. The summed E-state index contributed by atoms with van der Waals surface area (Å²) >= 11 is 0. The van der Waals surface area contributed by atoms with Gasteiger partial charge in [-0.3, -0.25) is 9.89 Å². The number of nitrogens with zero attached hydrogens (tertiary/aromatic N) is 1. The number of aliphatic hydroxyl groups excluding tert-OH is 1. The molecule has 140 valence electrons. The van der Waals surface area contributed by atoms with Crippen molar-refractivity contribution in [3.8, 4) is 11.3 Å². The van der Waals surface area contributed by atoms with E-state index in [1.54, 1.807) is 24.3 Å². The van der Waals surface area contributed by atoms with Gasteiger partial charge in [-0.05, 0) is 11.6 Å². The second-order valence-corrected chi connectivity index (χ2v) is 5.84. The van der Waals surface area contributed by atoms with Crippen molar-refractivity contribution < 1.29 is 23.1 Å². The number of aromatic amines is 1. The molecule has 0 unspecified atom stereocenters. The van der Waals surface area contributed by atoms with Gasteiger partial charge in [-0.25, -0.2) is 0 Å². The first kappa shape index (κ1) is 18.7. The van der Waals surface area contributed by atoms with Gasteiger partial charge in [0.2, 0.25) is 0 Å². The second-order valence-electron chi connectivity index (χ2n) is 5.84. The molecule has 0 aliphatic carbocycles. The molecule has 3 N–H and O–H groups in total. The first-order valence-electron chi connectivity index (χ1n) is 8.09. The number of amides is 1. The molecule has 0 spiro atoms. The molecule has 0 saturated heterocycles. The van der Waals surface area contributed by atoms with Gasteiger partial charge in [0.05, 0.1) is 29.1 Å². The van der Waals surface area contributed by atoms with Gasteiger partial charge < -0.3 is 10.4 Å². The third kappa shape index (κ3) is 4.17. The van der Waals surface area contributed by atoms with E-state index in [1.807, 2.05) is 6.07 Å². The summed E-state index contributed by atoms with van der Waals surface area (Å²) in [5, 5.41) is 19.2. The normalized spacial score (nSPS) is 12.6. The molecule has 5 nitrogen and oxygen atoms in total. The summed E-state index contributed by atoms with van der Waals surface area (Å²) in [6, 6.07) is 13.7. The second kappa shape index (κ2) is 7.63. The zero-order valence-corrected chi connectivity index (χ0v) is 14.0. The predicted molar refractivity (Wildman–Crippen MR) is 92.8 cm³/mol. The fourth-order valence-electron chi connectivity index (χ4n) is 2.72. The summed E-state index contributed by atoms with van der Waals surface area (Å²) in [7, 11) is 0. The van der Waals surface area contributed by atoms with Crippen LogP contribution >= 0.6 is 0 Å². The highest BCUT2D eigenvalue weighted by Gasteiger charge is 2.34. The number of halogens is 3. The van der Waals surface area contributed by atoms with E-state index in [2.05, 4.69) is 15.5 Å². The molecule has 0 aliphatic heterocycles. The van der Waals surface area contributed by atoms with Crippen molar-refractivity contribution in [1.29, 1.82) is 0 Å². The van der Waals surface area contributed by atoms with E-state index in [9.17, 15) is 23.1 Å². The SMILES string of the molecule is O=C(NC[C@H](O)c1ccccc1C(F)(F)F)c1cn[nH]c1-c1ccccc1. The highest BCUT2D eigenvalue weighted by atomic mass is 19.4. The van der Waals surface area contributed by atoms with Crippen LogP contribution in [0.1, 0.15) is 27.6 Å². The van der Waals surface area contributed by atoms with Crippen LogP contribution < -0.4 is 5.32 Å². The highest BCUT2D eigenvalue weighted by Crippen LogP contribution is 2.34. The molecule has 27 heavy (non-hydrogen) atoms. The van der Waals surface area contributed by atoms with E-state index in [4.69, 9.17) is 0 Å². The van der Waals surface area contributed by atoms with E-state index in [0.29, 0.717) is 5.69 Å². The Hall–Kier alpha value is -3.13. The van der Waals surface area contributed by atoms with Gasteiger partial charge in [-0.1, -0.05) is 48.5 Å². The average molecular weight is 375 g/mol. The molecular weight excluding hydrogens is 359 g/mol. The van der Waals surface area contributed by atoms with E-state index >= 15 is 0 Å². The maximum atomic E-state index is 13.1. The number of hydrogen-bond acceptors (Lipinski definition) is 3. The van der Waals surface area contributed by atoms with Crippen LogP contribution in [0.2, 0.25) is 0 Å². The Bertz CT molecular complexity index is 923. The molecular formula is C19H16F3N3O2. The van der Waals surface area contributed by atoms with Gasteiger partial charge in [-0.2, -0.15) is 18.3 Å².